The summed E-state index contributed by atoms with van der Waals surface area (Å²) in [6, 6.07) is 18.3. The van der Waals surface area contributed by atoms with Crippen LogP contribution in [0.25, 0.3) is 0 Å². The highest BCUT2D eigenvalue weighted by Crippen LogP contribution is 2.16. The maximum absolute atomic E-state index is 12.2. The second-order valence-electron chi connectivity index (χ2n) is 6.17. The maximum Gasteiger partial charge on any atom is 0.272 e. The van der Waals surface area contributed by atoms with E-state index < -0.39 is 0 Å². The number of Topliss-reactive ketones (excluding diaryl/α,β-unsaturated/α-hetero) is 1. The van der Waals surface area contributed by atoms with Gasteiger partial charge in [0.05, 0.1) is 0 Å². The quantitative estimate of drug-likeness (QED) is 0.656. The Bertz CT molecular complexity index is 968. The summed E-state index contributed by atoms with van der Waals surface area (Å²) in [5.74, 6) is 0.201. The number of hydrogen-bond acceptors (Lipinski definition) is 5. The zero-order valence-corrected chi connectivity index (χ0v) is 15.2. The number of aromatic nitrogens is 2. The molecule has 3 aromatic rings. The summed E-state index contributed by atoms with van der Waals surface area (Å²) in [5, 5.41) is 13.9. The molecule has 0 bridgehead atoms. The predicted octanol–water partition coefficient (Wildman–Crippen LogP) is 3.66. The van der Waals surface area contributed by atoms with E-state index in [-0.39, 0.29) is 17.4 Å². The van der Waals surface area contributed by atoms with Crippen LogP contribution in [0.5, 0.6) is 0 Å². The second kappa shape index (κ2) is 8.23. The minimum Gasteiger partial charge on any atom is -0.347 e. The molecular weight excluding hydrogens is 340 g/mol. The molecule has 0 saturated carbocycles. The van der Waals surface area contributed by atoms with Gasteiger partial charge in [0, 0.05) is 17.8 Å². The number of benzene rings is 2. The van der Waals surface area contributed by atoms with E-state index in [0.29, 0.717) is 17.9 Å². The first kappa shape index (κ1) is 18.3. The minimum absolute atomic E-state index is 0.00888. The molecule has 0 spiro atoms. The van der Waals surface area contributed by atoms with Gasteiger partial charge in [-0.3, -0.25) is 9.59 Å². The van der Waals surface area contributed by atoms with Crippen molar-refractivity contribution in [2.75, 3.05) is 5.32 Å². The molecule has 0 aliphatic heterocycles. The lowest BCUT2D eigenvalue weighted by atomic mass is 10.1. The van der Waals surface area contributed by atoms with Crippen molar-refractivity contribution >= 4 is 23.2 Å². The molecule has 0 atom stereocenters. The molecule has 1 aromatic heterocycles. The number of anilines is 2. The number of rotatable bonds is 6. The third kappa shape index (κ3) is 4.76. The Balaban J connectivity index is 1.63. The highest BCUT2D eigenvalue weighted by molar-refractivity contribution is 5.95. The average molecular weight is 360 g/mol. The number of nitrogens with one attached hydrogen (secondary N) is 2. The number of aryl methyl sites for hydroxylation is 1. The molecule has 27 heavy (non-hydrogen) atoms. The zero-order valence-electron chi connectivity index (χ0n) is 15.2. The van der Waals surface area contributed by atoms with Crippen LogP contribution in [0.3, 0.4) is 0 Å². The maximum atomic E-state index is 12.2. The normalized spacial score (nSPS) is 10.3. The molecule has 2 aromatic carbocycles. The van der Waals surface area contributed by atoms with E-state index in [4.69, 9.17) is 0 Å². The van der Waals surface area contributed by atoms with Crippen LogP contribution in [0.4, 0.5) is 11.5 Å². The minimum atomic E-state index is -0.282. The molecule has 3 rings (SSSR count). The number of nitrogens with zero attached hydrogens (tertiary/aromatic N) is 2. The van der Waals surface area contributed by atoms with Gasteiger partial charge in [0.25, 0.3) is 5.91 Å². The van der Waals surface area contributed by atoms with E-state index in [2.05, 4.69) is 20.8 Å². The van der Waals surface area contributed by atoms with Gasteiger partial charge in [-0.2, -0.15) is 0 Å². The largest absolute Gasteiger partial charge is 0.347 e. The Morgan fingerprint density at radius 3 is 2.48 bits per heavy atom. The molecule has 0 fully saturated rings. The predicted molar refractivity (Wildman–Crippen MR) is 104 cm³/mol. The molecule has 6 heteroatoms. The second-order valence-corrected chi connectivity index (χ2v) is 6.17. The number of ketones is 1. The van der Waals surface area contributed by atoms with Gasteiger partial charge in [0.15, 0.2) is 17.3 Å². The fraction of sp³-hybridized carbons (Fsp3) is 0.143. The van der Waals surface area contributed by atoms with Gasteiger partial charge >= 0.3 is 0 Å². The lowest BCUT2D eigenvalue weighted by Gasteiger charge is -2.08. The Labute approximate surface area is 157 Å². The Morgan fingerprint density at radius 2 is 1.78 bits per heavy atom. The summed E-state index contributed by atoms with van der Waals surface area (Å²) in [6.07, 6.45) is 0. The van der Waals surface area contributed by atoms with Crippen LogP contribution in [0, 0.1) is 6.92 Å². The highest BCUT2D eigenvalue weighted by Gasteiger charge is 2.09. The van der Waals surface area contributed by atoms with Gasteiger partial charge in [0.2, 0.25) is 0 Å². The summed E-state index contributed by atoms with van der Waals surface area (Å²) in [4.78, 5) is 23.7. The lowest BCUT2D eigenvalue weighted by molar-refractivity contribution is 0.0944. The van der Waals surface area contributed by atoms with Crippen molar-refractivity contribution in [3.05, 3.63) is 83.0 Å². The van der Waals surface area contributed by atoms with Gasteiger partial charge in [-0.25, -0.2) is 0 Å². The number of amides is 1. The zero-order chi connectivity index (χ0) is 19.2. The van der Waals surface area contributed by atoms with Crippen LogP contribution < -0.4 is 10.6 Å². The van der Waals surface area contributed by atoms with Gasteiger partial charge < -0.3 is 10.6 Å². The number of hydrogen-bond donors (Lipinski definition) is 2. The summed E-state index contributed by atoms with van der Waals surface area (Å²) in [7, 11) is 0. The first-order valence-electron chi connectivity index (χ1n) is 8.57. The van der Waals surface area contributed by atoms with Crippen LogP contribution in [-0.2, 0) is 6.54 Å². The first-order valence-corrected chi connectivity index (χ1v) is 8.57. The summed E-state index contributed by atoms with van der Waals surface area (Å²) in [6.45, 7) is 3.96. The van der Waals surface area contributed by atoms with E-state index in [1.165, 1.54) is 6.92 Å². The molecule has 136 valence electrons. The third-order valence-electron chi connectivity index (χ3n) is 4.14. The Hall–Kier alpha value is -3.54. The van der Waals surface area contributed by atoms with E-state index >= 15 is 0 Å². The number of carbonyl (C=O) groups excluding carboxylic acids is 2. The topological polar surface area (TPSA) is 84.0 Å². The van der Waals surface area contributed by atoms with E-state index in [1.807, 2.05) is 37.3 Å². The van der Waals surface area contributed by atoms with Crippen molar-refractivity contribution in [2.24, 2.45) is 0 Å². The average Bonchev–Trinajstić information content (AvgIpc) is 2.68. The van der Waals surface area contributed by atoms with Crippen molar-refractivity contribution in [1.29, 1.82) is 0 Å². The lowest BCUT2D eigenvalue weighted by Crippen LogP contribution is -2.24. The van der Waals surface area contributed by atoms with Crippen molar-refractivity contribution in [2.45, 2.75) is 20.4 Å². The van der Waals surface area contributed by atoms with Gasteiger partial charge in [-0.15, -0.1) is 10.2 Å². The van der Waals surface area contributed by atoms with E-state index in [1.54, 1.807) is 30.3 Å². The fourth-order valence-corrected chi connectivity index (χ4v) is 2.56. The number of carbonyl (C=O) groups is 2. The van der Waals surface area contributed by atoms with Crippen LogP contribution >= 0.6 is 0 Å². The molecular formula is C21H20N4O2. The summed E-state index contributed by atoms with van der Waals surface area (Å²) >= 11 is 0. The molecule has 0 radical (unpaired) electrons. The van der Waals surface area contributed by atoms with Crippen molar-refractivity contribution in [3.8, 4) is 0 Å². The molecule has 1 heterocycles. The molecule has 2 N–H and O–H groups in total. The fourth-order valence-electron chi connectivity index (χ4n) is 2.56. The SMILES string of the molecule is CC(=O)c1cccc(Nc2ccc(C(=O)NCc3ccccc3C)nn2)c1. The molecule has 0 unspecified atom stereocenters. The van der Waals surface area contributed by atoms with Crippen molar-refractivity contribution in [1.82, 2.24) is 15.5 Å². The van der Waals surface area contributed by atoms with E-state index in [9.17, 15) is 9.59 Å². The van der Waals surface area contributed by atoms with Crippen molar-refractivity contribution < 1.29 is 9.59 Å². The third-order valence-corrected chi connectivity index (χ3v) is 4.14. The molecule has 6 nitrogen and oxygen atoms in total. The smallest absolute Gasteiger partial charge is 0.272 e. The van der Waals surface area contributed by atoms with Gasteiger partial charge in [-0.05, 0) is 49.2 Å². The summed E-state index contributed by atoms with van der Waals surface area (Å²) < 4.78 is 0. The molecule has 0 aliphatic carbocycles. The van der Waals surface area contributed by atoms with Crippen LogP contribution in [0.2, 0.25) is 0 Å². The molecule has 1 amide bonds. The standard InChI is InChI=1S/C21H20N4O2/c1-14-6-3-4-7-17(14)13-22-21(27)19-10-11-20(25-24-19)23-18-9-5-8-16(12-18)15(2)26/h3-12H,13H2,1-2H3,(H,22,27)(H,23,25). The van der Waals surface area contributed by atoms with Gasteiger partial charge in [-0.1, -0.05) is 36.4 Å². The highest BCUT2D eigenvalue weighted by atomic mass is 16.2. The van der Waals surface area contributed by atoms with Crippen LogP contribution in [-0.4, -0.2) is 21.9 Å². The molecule has 0 saturated heterocycles. The van der Waals surface area contributed by atoms with E-state index in [0.717, 1.165) is 16.8 Å². The van der Waals surface area contributed by atoms with Crippen LogP contribution in [0.15, 0.2) is 60.7 Å². The Kier molecular flexibility index (Phi) is 5.56. The monoisotopic (exact) mass is 360 g/mol. The Morgan fingerprint density at radius 1 is 0.963 bits per heavy atom. The van der Waals surface area contributed by atoms with Crippen LogP contribution in [0.1, 0.15) is 38.9 Å². The van der Waals surface area contributed by atoms with Gasteiger partial charge in [0.1, 0.15) is 0 Å². The summed E-state index contributed by atoms with van der Waals surface area (Å²) in [5.41, 5.74) is 3.76. The van der Waals surface area contributed by atoms with Crippen molar-refractivity contribution in [3.63, 3.8) is 0 Å². The first-order chi connectivity index (χ1) is 13.0. The molecule has 0 aliphatic rings.